The van der Waals surface area contributed by atoms with Crippen LogP contribution in [0.2, 0.25) is 0 Å². The zero-order valence-corrected chi connectivity index (χ0v) is 23.6. The van der Waals surface area contributed by atoms with Crippen LogP contribution in [0, 0.1) is 5.82 Å². The van der Waals surface area contributed by atoms with E-state index in [-0.39, 0.29) is 11.7 Å². The molecule has 1 amide bonds. The number of aromatic nitrogens is 3. The Hall–Kier alpha value is -5.08. The van der Waals surface area contributed by atoms with E-state index in [0.29, 0.717) is 33.4 Å². The first-order chi connectivity index (χ1) is 20.6. The summed E-state index contributed by atoms with van der Waals surface area (Å²) >= 11 is 1.35. The Morgan fingerprint density at radius 3 is 2.36 bits per heavy atom. The predicted octanol–water partition coefficient (Wildman–Crippen LogP) is 8.51. The number of carbonyl (C=O) groups excluding carboxylic acids is 1. The first kappa shape index (κ1) is 27.1. The minimum Gasteiger partial charge on any atom is -0.494 e. The van der Waals surface area contributed by atoms with Crippen molar-refractivity contribution in [1.82, 2.24) is 14.8 Å². The third-order valence-corrected chi connectivity index (χ3v) is 7.56. The van der Waals surface area contributed by atoms with Crippen LogP contribution in [0.3, 0.4) is 0 Å². The van der Waals surface area contributed by atoms with Gasteiger partial charge in [-0.3, -0.25) is 4.79 Å². The maximum absolute atomic E-state index is 13.8. The smallest absolute Gasteiger partial charge is 0.256 e. The molecule has 0 radical (unpaired) electrons. The number of hydrogen-bond donors (Lipinski definition) is 1. The summed E-state index contributed by atoms with van der Waals surface area (Å²) in [6.07, 6.45) is 2.85. The van der Waals surface area contributed by atoms with Gasteiger partial charge in [0.25, 0.3) is 5.91 Å². The molecule has 0 saturated carbocycles. The molecule has 6 nitrogen and oxygen atoms in total. The van der Waals surface area contributed by atoms with E-state index in [0.717, 1.165) is 34.7 Å². The van der Waals surface area contributed by atoms with Gasteiger partial charge < -0.3 is 10.1 Å². The van der Waals surface area contributed by atoms with Gasteiger partial charge in [-0.05, 0) is 67.1 Å². The highest BCUT2D eigenvalue weighted by Crippen LogP contribution is 2.42. The van der Waals surface area contributed by atoms with Gasteiger partial charge in [0, 0.05) is 22.9 Å². The van der Waals surface area contributed by atoms with E-state index < -0.39 is 0 Å². The Morgan fingerprint density at radius 1 is 0.881 bits per heavy atom. The number of hydrogen-bond acceptors (Lipinski definition) is 5. The maximum atomic E-state index is 13.8. The van der Waals surface area contributed by atoms with Gasteiger partial charge in [-0.15, -0.1) is 0 Å². The number of rotatable bonds is 9. The van der Waals surface area contributed by atoms with Gasteiger partial charge in [0.1, 0.15) is 33.0 Å². The summed E-state index contributed by atoms with van der Waals surface area (Å²) in [6.45, 7) is 2.69. The van der Waals surface area contributed by atoms with Crippen molar-refractivity contribution < 1.29 is 13.9 Å². The van der Waals surface area contributed by atoms with Crippen molar-refractivity contribution in [2.24, 2.45) is 0 Å². The minimum absolute atomic E-state index is 0.255. The van der Waals surface area contributed by atoms with Crippen LogP contribution in [0.25, 0.3) is 38.8 Å². The molecule has 0 unspecified atom stereocenters. The third-order valence-electron chi connectivity index (χ3n) is 6.55. The van der Waals surface area contributed by atoms with Crippen molar-refractivity contribution >= 4 is 22.2 Å². The molecule has 2 aromatic heterocycles. The molecule has 2 heterocycles. The average Bonchev–Trinajstić information content (AvgIpc) is 3.66. The molecule has 0 bridgehead atoms. The molecule has 1 N–H and O–H groups in total. The number of nitrogens with one attached hydrogen (secondary N) is 1. The second kappa shape index (κ2) is 12.2. The summed E-state index contributed by atoms with van der Waals surface area (Å²) in [5, 5.41) is 9.23. The number of ether oxygens (including phenoxy) is 1. The lowest BCUT2D eigenvalue weighted by Crippen LogP contribution is -2.11. The van der Waals surface area contributed by atoms with Crippen molar-refractivity contribution in [3.05, 3.63) is 127 Å². The van der Waals surface area contributed by atoms with Crippen molar-refractivity contribution in [2.75, 3.05) is 11.9 Å². The van der Waals surface area contributed by atoms with Crippen LogP contribution >= 0.6 is 11.3 Å². The van der Waals surface area contributed by atoms with Crippen LogP contribution < -0.4 is 10.1 Å². The summed E-state index contributed by atoms with van der Waals surface area (Å²) in [5.41, 5.74) is 5.06. The van der Waals surface area contributed by atoms with Gasteiger partial charge in [-0.2, -0.15) is 5.10 Å². The van der Waals surface area contributed by atoms with Gasteiger partial charge in [0.15, 0.2) is 0 Å². The summed E-state index contributed by atoms with van der Waals surface area (Å²) in [6, 6.07) is 32.8. The van der Waals surface area contributed by atoms with Gasteiger partial charge in [0.05, 0.1) is 17.9 Å². The molecular formula is C34H27FN4O2S. The number of amides is 1. The average molecular weight is 575 g/mol. The third kappa shape index (κ3) is 5.84. The molecule has 0 aliphatic carbocycles. The number of halogens is 1. The standard InChI is InChI=1S/C34H27FN4O2S/c1-2-20-41-28-15-9-12-25(21-28)30-29(22-39(38-30)27-13-7-4-8-14-27)33-36-31(23-16-18-26(35)19-17-23)34(42-33)37-32(40)24-10-5-3-6-11-24/h3-19,21-22H,2,20H2,1H3,(H,37,40). The van der Waals surface area contributed by atoms with Crippen LogP contribution in [0.1, 0.15) is 23.7 Å². The van der Waals surface area contributed by atoms with E-state index in [4.69, 9.17) is 14.8 Å². The predicted molar refractivity (Wildman–Crippen MR) is 166 cm³/mol. The van der Waals surface area contributed by atoms with Crippen LogP contribution in [-0.4, -0.2) is 27.3 Å². The minimum atomic E-state index is -0.347. The van der Waals surface area contributed by atoms with Crippen LogP contribution in [-0.2, 0) is 0 Å². The van der Waals surface area contributed by atoms with Crippen LogP contribution in [0.15, 0.2) is 115 Å². The summed E-state index contributed by atoms with van der Waals surface area (Å²) < 4.78 is 21.5. The Kier molecular flexibility index (Phi) is 7.87. The van der Waals surface area contributed by atoms with Crippen molar-refractivity contribution in [3.63, 3.8) is 0 Å². The number of carbonyl (C=O) groups is 1. The molecule has 0 aliphatic heterocycles. The highest BCUT2D eigenvalue weighted by atomic mass is 32.1. The fourth-order valence-corrected chi connectivity index (χ4v) is 5.49. The Labute approximate surface area is 247 Å². The van der Waals surface area contributed by atoms with Crippen LogP contribution in [0.4, 0.5) is 9.39 Å². The second-order valence-corrected chi connectivity index (χ2v) is 10.6. The summed E-state index contributed by atoms with van der Waals surface area (Å²) in [7, 11) is 0. The Bertz CT molecular complexity index is 1820. The normalized spacial score (nSPS) is 10.9. The highest BCUT2D eigenvalue weighted by molar-refractivity contribution is 7.19. The fourth-order valence-electron chi connectivity index (χ4n) is 4.50. The van der Waals surface area contributed by atoms with Crippen LogP contribution in [0.5, 0.6) is 5.75 Å². The van der Waals surface area contributed by atoms with Crippen molar-refractivity contribution in [3.8, 4) is 44.5 Å². The molecule has 6 aromatic rings. The molecule has 0 fully saturated rings. The zero-order valence-electron chi connectivity index (χ0n) is 22.8. The molecule has 6 rings (SSSR count). The molecule has 4 aromatic carbocycles. The van der Waals surface area contributed by atoms with Gasteiger partial charge in [-0.25, -0.2) is 14.1 Å². The van der Waals surface area contributed by atoms with Gasteiger partial charge in [0.2, 0.25) is 0 Å². The van der Waals surface area contributed by atoms with Crippen molar-refractivity contribution in [2.45, 2.75) is 13.3 Å². The second-order valence-electron chi connectivity index (χ2n) is 9.57. The van der Waals surface area contributed by atoms with E-state index >= 15 is 0 Å². The van der Waals surface area contributed by atoms with E-state index in [1.54, 1.807) is 24.3 Å². The maximum Gasteiger partial charge on any atom is 0.256 e. The lowest BCUT2D eigenvalue weighted by Gasteiger charge is -2.06. The van der Waals surface area contributed by atoms with E-state index in [2.05, 4.69) is 12.2 Å². The molecule has 0 aliphatic rings. The first-order valence-electron chi connectivity index (χ1n) is 13.6. The quantitative estimate of drug-likeness (QED) is 0.188. The fraction of sp³-hybridized carbons (Fsp3) is 0.0882. The Balaban J connectivity index is 1.49. The van der Waals surface area contributed by atoms with E-state index in [1.165, 1.54) is 23.5 Å². The molecule has 208 valence electrons. The van der Waals surface area contributed by atoms with Crippen molar-refractivity contribution in [1.29, 1.82) is 0 Å². The SMILES string of the molecule is CCCOc1cccc(-c2nn(-c3ccccc3)cc2-c2nc(-c3ccc(F)cc3)c(NC(=O)c3ccccc3)s2)c1. The summed E-state index contributed by atoms with van der Waals surface area (Å²) in [4.78, 5) is 18.2. The lowest BCUT2D eigenvalue weighted by atomic mass is 10.1. The number of thiazole rings is 1. The monoisotopic (exact) mass is 574 g/mol. The Morgan fingerprint density at radius 2 is 1.62 bits per heavy atom. The molecule has 0 spiro atoms. The topological polar surface area (TPSA) is 69.0 Å². The number of nitrogens with zero attached hydrogens (tertiary/aromatic N) is 3. The summed E-state index contributed by atoms with van der Waals surface area (Å²) in [5.74, 6) is 0.160. The largest absolute Gasteiger partial charge is 0.494 e. The first-order valence-corrected chi connectivity index (χ1v) is 14.4. The van der Waals surface area contributed by atoms with Gasteiger partial charge in [-0.1, -0.05) is 66.8 Å². The number of para-hydroxylation sites is 1. The zero-order chi connectivity index (χ0) is 28.9. The number of anilines is 1. The lowest BCUT2D eigenvalue weighted by molar-refractivity contribution is 0.102. The highest BCUT2D eigenvalue weighted by Gasteiger charge is 2.22. The van der Waals surface area contributed by atoms with Gasteiger partial charge >= 0.3 is 0 Å². The van der Waals surface area contributed by atoms with E-state index in [9.17, 15) is 9.18 Å². The molecule has 8 heteroatoms. The molecule has 42 heavy (non-hydrogen) atoms. The molecular weight excluding hydrogens is 547 g/mol. The van der Waals surface area contributed by atoms with E-state index in [1.807, 2.05) is 83.7 Å². The number of benzene rings is 4. The molecule has 0 atom stereocenters. The molecule has 0 saturated heterocycles.